The summed E-state index contributed by atoms with van der Waals surface area (Å²) in [7, 11) is 1.31. The first kappa shape index (κ1) is 17.6. The molecule has 2 aromatic carbocycles. The molecule has 0 aliphatic carbocycles. The average Bonchev–Trinajstić information content (AvgIpc) is 3.15. The second-order valence-electron chi connectivity index (χ2n) is 6.29. The predicted octanol–water partition coefficient (Wildman–Crippen LogP) is 3.55. The second-order valence-corrected chi connectivity index (χ2v) is 6.29. The molecule has 4 rings (SSSR count). The molecule has 2 aliphatic heterocycles. The lowest BCUT2D eigenvalue weighted by Crippen LogP contribution is -2.26. The monoisotopic (exact) mass is 370 g/mol. The Balaban J connectivity index is 1.63. The summed E-state index contributed by atoms with van der Waals surface area (Å²) in [6.07, 6.45) is 5.62. The van der Waals surface area contributed by atoms with E-state index in [1.807, 2.05) is 60.8 Å². The maximum Gasteiger partial charge on any atom is 0.384 e. The van der Waals surface area contributed by atoms with E-state index >= 15 is 0 Å². The summed E-state index contributed by atoms with van der Waals surface area (Å²) in [5, 5.41) is 3.19. The highest BCUT2D eigenvalue weighted by Gasteiger charge is 2.30. The van der Waals surface area contributed by atoms with E-state index in [4.69, 9.17) is 4.74 Å². The Kier molecular flexibility index (Phi) is 4.94. The Morgan fingerprint density at radius 1 is 1.11 bits per heavy atom. The number of ether oxygens (including phenoxy) is 2. The second kappa shape index (κ2) is 7.85. The van der Waals surface area contributed by atoms with Crippen molar-refractivity contribution in [3.63, 3.8) is 0 Å². The molecule has 1 N–H and O–H groups in total. The van der Waals surface area contributed by atoms with Crippen LogP contribution in [0.25, 0.3) is 5.57 Å². The van der Waals surface area contributed by atoms with Crippen molar-refractivity contribution in [2.24, 2.45) is 10.9 Å². The van der Waals surface area contributed by atoms with Gasteiger partial charge in [0.05, 0.1) is 13.0 Å². The SMILES string of the molecule is COC(=O)C#CC1=CNC2N=CC(c3ccccc3Oc3ccccc3)=CC12. The number of nitrogens with one attached hydrogen (secondary N) is 1. The molecule has 28 heavy (non-hydrogen) atoms. The third kappa shape index (κ3) is 3.67. The average molecular weight is 370 g/mol. The lowest BCUT2D eigenvalue weighted by molar-refractivity contribution is -0.133. The van der Waals surface area contributed by atoms with E-state index in [1.165, 1.54) is 7.11 Å². The van der Waals surface area contributed by atoms with Gasteiger partial charge in [-0.3, -0.25) is 4.99 Å². The van der Waals surface area contributed by atoms with Gasteiger partial charge in [-0.15, -0.1) is 0 Å². The number of carbonyl (C=O) groups is 1. The minimum absolute atomic E-state index is 0.0538. The Hall–Kier alpha value is -3.78. The number of benzene rings is 2. The molecule has 0 aromatic heterocycles. The molecular formula is C23H18N2O3. The van der Waals surface area contributed by atoms with Gasteiger partial charge in [-0.2, -0.15) is 0 Å². The fourth-order valence-electron chi connectivity index (χ4n) is 3.12. The lowest BCUT2D eigenvalue weighted by atomic mass is 9.92. The predicted molar refractivity (Wildman–Crippen MR) is 108 cm³/mol. The van der Waals surface area contributed by atoms with Crippen molar-refractivity contribution in [2.45, 2.75) is 6.17 Å². The van der Waals surface area contributed by atoms with Crippen LogP contribution in [0.2, 0.25) is 0 Å². The molecule has 0 radical (unpaired) electrons. The van der Waals surface area contributed by atoms with Crippen LogP contribution in [-0.4, -0.2) is 25.5 Å². The largest absolute Gasteiger partial charge is 0.459 e. The summed E-state index contributed by atoms with van der Waals surface area (Å²) >= 11 is 0. The minimum Gasteiger partial charge on any atom is -0.459 e. The molecular weight excluding hydrogens is 352 g/mol. The van der Waals surface area contributed by atoms with Crippen molar-refractivity contribution < 1.29 is 14.3 Å². The van der Waals surface area contributed by atoms with Crippen LogP contribution < -0.4 is 10.1 Å². The maximum atomic E-state index is 11.3. The molecule has 5 nitrogen and oxygen atoms in total. The Bertz CT molecular complexity index is 1040. The molecule has 0 fully saturated rings. The van der Waals surface area contributed by atoms with Crippen LogP contribution >= 0.6 is 0 Å². The zero-order valence-electron chi connectivity index (χ0n) is 15.3. The van der Waals surface area contributed by atoms with Gasteiger partial charge < -0.3 is 14.8 Å². The van der Waals surface area contributed by atoms with Crippen molar-refractivity contribution in [2.75, 3.05) is 7.11 Å². The number of methoxy groups -OCH3 is 1. The fourth-order valence-corrected chi connectivity index (χ4v) is 3.12. The number of esters is 1. The number of dihydropyridines is 1. The molecule has 2 aromatic rings. The van der Waals surface area contributed by atoms with E-state index in [9.17, 15) is 4.79 Å². The van der Waals surface area contributed by atoms with Crippen LogP contribution in [0.15, 0.2) is 77.4 Å². The van der Waals surface area contributed by atoms with E-state index in [0.717, 1.165) is 28.2 Å². The molecule has 0 saturated carbocycles. The van der Waals surface area contributed by atoms with E-state index in [-0.39, 0.29) is 12.1 Å². The Morgan fingerprint density at radius 3 is 2.71 bits per heavy atom. The van der Waals surface area contributed by atoms with Gasteiger partial charge in [0, 0.05) is 35.0 Å². The van der Waals surface area contributed by atoms with Crippen molar-refractivity contribution in [3.8, 4) is 23.3 Å². The quantitative estimate of drug-likeness (QED) is 0.510. The summed E-state index contributed by atoms with van der Waals surface area (Å²) in [4.78, 5) is 15.9. The van der Waals surface area contributed by atoms with Gasteiger partial charge in [0.25, 0.3) is 0 Å². The molecule has 2 aliphatic rings. The van der Waals surface area contributed by atoms with Crippen LogP contribution in [0.1, 0.15) is 5.56 Å². The first-order valence-corrected chi connectivity index (χ1v) is 8.88. The highest BCUT2D eigenvalue weighted by molar-refractivity contribution is 6.11. The number of carbonyl (C=O) groups excluding carboxylic acids is 1. The first-order chi connectivity index (χ1) is 13.7. The molecule has 2 unspecified atom stereocenters. The Morgan fingerprint density at radius 2 is 1.89 bits per heavy atom. The van der Waals surface area contributed by atoms with E-state index in [0.29, 0.717) is 0 Å². The van der Waals surface area contributed by atoms with Crippen molar-refractivity contribution >= 4 is 17.8 Å². The summed E-state index contributed by atoms with van der Waals surface area (Å²) < 4.78 is 10.7. The minimum atomic E-state index is -0.561. The zero-order valence-corrected chi connectivity index (χ0v) is 15.3. The van der Waals surface area contributed by atoms with E-state index in [2.05, 4.69) is 33.0 Å². The molecule has 0 saturated heterocycles. The van der Waals surface area contributed by atoms with E-state index < -0.39 is 5.97 Å². The molecule has 0 spiro atoms. The van der Waals surface area contributed by atoms with Crippen LogP contribution in [0.3, 0.4) is 0 Å². The molecule has 2 atom stereocenters. The van der Waals surface area contributed by atoms with Gasteiger partial charge >= 0.3 is 5.97 Å². The highest BCUT2D eigenvalue weighted by atomic mass is 16.5. The van der Waals surface area contributed by atoms with E-state index in [1.54, 1.807) is 6.20 Å². The van der Waals surface area contributed by atoms with Crippen molar-refractivity contribution in [1.29, 1.82) is 0 Å². The summed E-state index contributed by atoms with van der Waals surface area (Å²) in [5.41, 5.74) is 2.69. The summed E-state index contributed by atoms with van der Waals surface area (Å²) in [5.74, 6) is 6.27. The van der Waals surface area contributed by atoms with Crippen molar-refractivity contribution in [1.82, 2.24) is 5.32 Å². The van der Waals surface area contributed by atoms with Crippen LogP contribution in [0.5, 0.6) is 11.5 Å². The number of fused-ring (bicyclic) bond motifs is 1. The van der Waals surface area contributed by atoms with Crippen molar-refractivity contribution in [3.05, 3.63) is 78.0 Å². The number of hydrogen-bond donors (Lipinski definition) is 1. The number of hydrogen-bond acceptors (Lipinski definition) is 5. The number of rotatable bonds is 3. The summed E-state index contributed by atoms with van der Waals surface area (Å²) in [6.45, 7) is 0. The smallest absolute Gasteiger partial charge is 0.384 e. The fraction of sp³-hybridized carbons (Fsp3) is 0.130. The van der Waals surface area contributed by atoms with Gasteiger partial charge in [0.2, 0.25) is 0 Å². The third-order valence-electron chi connectivity index (χ3n) is 4.51. The molecule has 138 valence electrons. The van der Waals surface area contributed by atoms with Crippen LogP contribution in [-0.2, 0) is 9.53 Å². The maximum absolute atomic E-state index is 11.3. The number of para-hydroxylation sites is 2. The molecule has 0 bridgehead atoms. The van der Waals surface area contributed by atoms with Crippen LogP contribution in [0, 0.1) is 17.8 Å². The first-order valence-electron chi connectivity index (χ1n) is 8.88. The van der Waals surface area contributed by atoms with Gasteiger partial charge in [-0.25, -0.2) is 4.79 Å². The normalized spacial score (nSPS) is 19.3. The Labute approximate surface area is 163 Å². The topological polar surface area (TPSA) is 59.9 Å². The summed E-state index contributed by atoms with van der Waals surface area (Å²) in [6, 6.07) is 17.5. The van der Waals surface area contributed by atoms with Gasteiger partial charge in [-0.05, 0) is 18.2 Å². The molecule has 0 amide bonds. The van der Waals surface area contributed by atoms with Crippen LogP contribution in [0.4, 0.5) is 0 Å². The molecule has 2 heterocycles. The lowest BCUT2D eigenvalue weighted by Gasteiger charge is -2.21. The van der Waals surface area contributed by atoms with Gasteiger partial charge in [0.1, 0.15) is 17.7 Å². The standard InChI is InChI=1S/C23H18N2O3/c1-27-22(26)12-11-16-14-24-23-20(16)13-17(15-25-23)19-9-5-6-10-21(19)28-18-7-3-2-4-8-18/h2-10,13-15,20,23-24H,1H3. The molecule has 5 heteroatoms. The number of allylic oxidation sites excluding steroid dienone is 1. The highest BCUT2D eigenvalue weighted by Crippen LogP contribution is 2.35. The third-order valence-corrected chi connectivity index (χ3v) is 4.51. The van der Waals surface area contributed by atoms with Gasteiger partial charge in [0.15, 0.2) is 0 Å². The number of nitrogens with zero attached hydrogens (tertiary/aromatic N) is 1. The van der Waals surface area contributed by atoms with Gasteiger partial charge in [-0.1, -0.05) is 48.4 Å². The zero-order chi connectivity index (χ0) is 19.3. The number of aliphatic imine (C=N–C) groups is 1.